The molecule has 2 nitrogen and oxygen atoms in total. The van der Waals surface area contributed by atoms with Gasteiger partial charge in [0.15, 0.2) is 0 Å². The quantitative estimate of drug-likeness (QED) is 0.556. The van der Waals surface area contributed by atoms with Gasteiger partial charge in [-0.15, -0.1) is 12.3 Å². The van der Waals surface area contributed by atoms with E-state index in [9.17, 15) is 0 Å². The maximum absolute atomic E-state index is 5.11. The highest BCUT2D eigenvalue weighted by Gasteiger charge is 1.92. The van der Waals surface area contributed by atoms with Crippen LogP contribution in [0.5, 0.6) is 0 Å². The summed E-state index contributed by atoms with van der Waals surface area (Å²) in [5.74, 6) is 3.61. The smallest absolute Gasteiger partial charge is 0.105 e. The van der Waals surface area contributed by atoms with E-state index in [2.05, 4.69) is 10.9 Å². The van der Waals surface area contributed by atoms with E-state index in [1.165, 1.54) is 0 Å². The van der Waals surface area contributed by atoms with Crippen LogP contribution < -0.4 is 0 Å². The first-order valence-corrected chi connectivity index (χ1v) is 3.26. The van der Waals surface area contributed by atoms with Crippen LogP contribution in [-0.4, -0.2) is 9.55 Å². The zero-order chi connectivity index (χ0) is 7.40. The number of aromatic nitrogens is 2. The SMILES string of the molecule is C#CCCn1ccnc1C. The van der Waals surface area contributed by atoms with Gasteiger partial charge in [0, 0.05) is 25.4 Å². The number of nitrogens with zero attached hydrogens (tertiary/aromatic N) is 2. The van der Waals surface area contributed by atoms with Crippen LogP contribution >= 0.6 is 0 Å². The molecule has 0 aromatic carbocycles. The van der Waals surface area contributed by atoms with E-state index >= 15 is 0 Å². The van der Waals surface area contributed by atoms with Crippen molar-refractivity contribution in [3.63, 3.8) is 0 Å². The molecule has 1 rings (SSSR count). The molecule has 0 atom stereocenters. The third-order valence-electron chi connectivity index (χ3n) is 1.42. The number of hydrogen-bond acceptors (Lipinski definition) is 1. The second kappa shape index (κ2) is 3.07. The summed E-state index contributed by atoms with van der Waals surface area (Å²) < 4.78 is 2.04. The number of aryl methyl sites for hydroxylation is 2. The third-order valence-corrected chi connectivity index (χ3v) is 1.42. The van der Waals surface area contributed by atoms with Crippen LogP contribution in [0.3, 0.4) is 0 Å². The molecule has 0 N–H and O–H groups in total. The predicted molar refractivity (Wildman–Crippen MR) is 40.4 cm³/mol. The first-order valence-electron chi connectivity index (χ1n) is 3.26. The molecule has 0 amide bonds. The topological polar surface area (TPSA) is 17.8 Å². The number of terminal acetylenes is 1. The van der Waals surface area contributed by atoms with Gasteiger partial charge in [-0.2, -0.15) is 0 Å². The predicted octanol–water partition coefficient (Wildman–Crippen LogP) is 1.21. The van der Waals surface area contributed by atoms with Crippen molar-refractivity contribution in [2.45, 2.75) is 19.9 Å². The highest BCUT2D eigenvalue weighted by Crippen LogP contribution is 1.95. The zero-order valence-corrected chi connectivity index (χ0v) is 6.04. The van der Waals surface area contributed by atoms with E-state index in [0.29, 0.717) is 0 Å². The molecule has 0 saturated heterocycles. The minimum atomic E-state index is 0.775. The molecule has 0 aliphatic heterocycles. The Hall–Kier alpha value is -1.23. The molecule has 0 spiro atoms. The van der Waals surface area contributed by atoms with Crippen molar-refractivity contribution in [3.05, 3.63) is 18.2 Å². The highest BCUT2D eigenvalue weighted by molar-refractivity contribution is 4.91. The van der Waals surface area contributed by atoms with Crippen LogP contribution in [0.1, 0.15) is 12.2 Å². The summed E-state index contributed by atoms with van der Waals surface area (Å²) in [6.45, 7) is 2.85. The van der Waals surface area contributed by atoms with Crippen LogP contribution in [0.2, 0.25) is 0 Å². The lowest BCUT2D eigenvalue weighted by Gasteiger charge is -1.98. The average Bonchev–Trinajstić information content (AvgIpc) is 2.31. The lowest BCUT2D eigenvalue weighted by Crippen LogP contribution is -1.97. The monoisotopic (exact) mass is 134 g/mol. The van der Waals surface area contributed by atoms with E-state index in [1.54, 1.807) is 6.20 Å². The Bertz CT molecular complexity index is 242. The molecule has 0 fully saturated rings. The molecule has 0 radical (unpaired) electrons. The molecule has 10 heavy (non-hydrogen) atoms. The van der Waals surface area contributed by atoms with Crippen molar-refractivity contribution in [3.8, 4) is 12.3 Å². The highest BCUT2D eigenvalue weighted by atomic mass is 15.0. The fraction of sp³-hybridized carbons (Fsp3) is 0.375. The van der Waals surface area contributed by atoms with Crippen LogP contribution in [0.4, 0.5) is 0 Å². The van der Waals surface area contributed by atoms with Gasteiger partial charge in [0.25, 0.3) is 0 Å². The molecule has 0 unspecified atom stereocenters. The second-order valence-corrected chi connectivity index (χ2v) is 2.12. The number of hydrogen-bond donors (Lipinski definition) is 0. The first kappa shape index (κ1) is 6.88. The van der Waals surface area contributed by atoms with Crippen LogP contribution in [-0.2, 0) is 6.54 Å². The van der Waals surface area contributed by atoms with E-state index in [0.717, 1.165) is 18.8 Å². The molecule has 52 valence electrons. The van der Waals surface area contributed by atoms with Gasteiger partial charge in [-0.05, 0) is 6.92 Å². The lowest BCUT2D eigenvalue weighted by atomic mass is 10.4. The summed E-state index contributed by atoms with van der Waals surface area (Å²) in [6, 6.07) is 0. The van der Waals surface area contributed by atoms with Crippen molar-refractivity contribution < 1.29 is 0 Å². The Morgan fingerprint density at radius 1 is 1.80 bits per heavy atom. The Morgan fingerprint density at radius 2 is 2.60 bits per heavy atom. The van der Waals surface area contributed by atoms with Gasteiger partial charge in [0.2, 0.25) is 0 Å². The van der Waals surface area contributed by atoms with Crippen LogP contribution in [0, 0.1) is 19.3 Å². The van der Waals surface area contributed by atoms with Crippen molar-refractivity contribution in [1.29, 1.82) is 0 Å². The Kier molecular flexibility index (Phi) is 2.11. The molecular weight excluding hydrogens is 124 g/mol. The Morgan fingerprint density at radius 3 is 3.10 bits per heavy atom. The van der Waals surface area contributed by atoms with Gasteiger partial charge in [0.1, 0.15) is 5.82 Å². The maximum Gasteiger partial charge on any atom is 0.105 e. The summed E-state index contributed by atoms with van der Waals surface area (Å²) in [4.78, 5) is 4.06. The standard InChI is InChI=1S/C8H10N2/c1-3-4-6-10-7-5-9-8(10)2/h1,5,7H,4,6H2,2H3. The fourth-order valence-electron chi connectivity index (χ4n) is 0.825. The van der Waals surface area contributed by atoms with Gasteiger partial charge < -0.3 is 4.57 Å². The average molecular weight is 134 g/mol. The largest absolute Gasteiger partial charge is 0.334 e. The summed E-state index contributed by atoms with van der Waals surface area (Å²) in [7, 11) is 0. The van der Waals surface area contributed by atoms with E-state index < -0.39 is 0 Å². The molecule has 2 heteroatoms. The van der Waals surface area contributed by atoms with Crippen molar-refractivity contribution in [1.82, 2.24) is 9.55 Å². The molecule has 1 aromatic heterocycles. The van der Waals surface area contributed by atoms with E-state index in [1.807, 2.05) is 17.7 Å². The number of rotatable bonds is 2. The van der Waals surface area contributed by atoms with Crippen molar-refractivity contribution in [2.75, 3.05) is 0 Å². The van der Waals surface area contributed by atoms with Crippen LogP contribution in [0.25, 0.3) is 0 Å². The zero-order valence-electron chi connectivity index (χ0n) is 6.04. The molecule has 1 aromatic rings. The van der Waals surface area contributed by atoms with Crippen LogP contribution in [0.15, 0.2) is 12.4 Å². The maximum atomic E-state index is 5.11. The van der Waals surface area contributed by atoms with Crippen molar-refractivity contribution >= 4 is 0 Å². The van der Waals surface area contributed by atoms with Gasteiger partial charge >= 0.3 is 0 Å². The summed E-state index contributed by atoms with van der Waals surface area (Å²) in [5, 5.41) is 0. The molecule has 1 heterocycles. The van der Waals surface area contributed by atoms with Crippen molar-refractivity contribution in [2.24, 2.45) is 0 Å². The van der Waals surface area contributed by atoms with E-state index in [-0.39, 0.29) is 0 Å². The first-order chi connectivity index (χ1) is 4.84. The molecule has 0 bridgehead atoms. The van der Waals surface area contributed by atoms with Gasteiger partial charge in [-0.1, -0.05) is 0 Å². The minimum Gasteiger partial charge on any atom is -0.334 e. The molecule has 0 aliphatic carbocycles. The molecular formula is C8H10N2. The lowest BCUT2D eigenvalue weighted by molar-refractivity contribution is 0.693. The summed E-state index contributed by atoms with van der Waals surface area (Å²) >= 11 is 0. The summed E-state index contributed by atoms with van der Waals surface area (Å²) in [6.07, 6.45) is 9.61. The van der Waals surface area contributed by atoms with E-state index in [4.69, 9.17) is 6.42 Å². The normalized spacial score (nSPS) is 9.20. The molecule has 0 aliphatic rings. The fourth-order valence-corrected chi connectivity index (χ4v) is 0.825. The minimum absolute atomic E-state index is 0.775. The van der Waals surface area contributed by atoms with Gasteiger partial charge in [-0.3, -0.25) is 0 Å². The number of imidazole rings is 1. The van der Waals surface area contributed by atoms with Gasteiger partial charge in [0.05, 0.1) is 0 Å². The summed E-state index contributed by atoms with van der Waals surface area (Å²) in [5.41, 5.74) is 0. The Balaban J connectivity index is 2.59. The Labute approximate surface area is 60.9 Å². The second-order valence-electron chi connectivity index (χ2n) is 2.12. The third kappa shape index (κ3) is 1.38. The molecule has 0 saturated carbocycles. The van der Waals surface area contributed by atoms with Gasteiger partial charge in [-0.25, -0.2) is 4.98 Å².